The van der Waals surface area contributed by atoms with Crippen LogP contribution in [0.3, 0.4) is 0 Å². The smallest absolute Gasteiger partial charge is 0.143 e. The number of rotatable bonds is 5. The molecule has 0 amide bonds. The van der Waals surface area contributed by atoms with Gasteiger partial charge in [-0.3, -0.25) is 4.68 Å². The molecule has 19 heavy (non-hydrogen) atoms. The summed E-state index contributed by atoms with van der Waals surface area (Å²) in [6.45, 7) is 2.81. The second-order valence-electron chi connectivity index (χ2n) is 4.40. The normalized spacial score (nSPS) is 10.5. The average molecular weight is 260 g/mol. The first-order valence-corrected chi connectivity index (χ1v) is 6.33. The Kier molecular flexibility index (Phi) is 3.94. The first-order valence-electron chi connectivity index (χ1n) is 6.33. The quantitative estimate of drug-likeness (QED) is 0.809. The summed E-state index contributed by atoms with van der Waals surface area (Å²) in [5.41, 5.74) is 9.83. The molecular weight excluding hydrogens is 240 g/mol. The summed E-state index contributed by atoms with van der Waals surface area (Å²) in [5.74, 6) is 0.687. The number of methoxy groups -OCH3 is 1. The Hall–Kier alpha value is -2.17. The van der Waals surface area contributed by atoms with E-state index < -0.39 is 0 Å². The molecule has 0 unspecified atom stereocenters. The van der Waals surface area contributed by atoms with Crippen molar-refractivity contribution in [3.05, 3.63) is 35.7 Å². The Balaban J connectivity index is 2.14. The minimum atomic E-state index is 0.631. The average Bonchev–Trinajstić information content (AvgIpc) is 2.78. The molecule has 0 bridgehead atoms. The van der Waals surface area contributed by atoms with Gasteiger partial charge in [0.1, 0.15) is 5.75 Å². The summed E-state index contributed by atoms with van der Waals surface area (Å²) < 4.78 is 7.04. The number of ether oxygens (including phenoxy) is 1. The van der Waals surface area contributed by atoms with Gasteiger partial charge < -0.3 is 15.8 Å². The number of aromatic nitrogens is 2. The summed E-state index contributed by atoms with van der Waals surface area (Å²) in [5, 5.41) is 7.75. The molecule has 1 heterocycles. The maximum Gasteiger partial charge on any atom is 0.143 e. The predicted molar refractivity (Wildman–Crippen MR) is 77.3 cm³/mol. The van der Waals surface area contributed by atoms with Crippen molar-refractivity contribution in [2.75, 3.05) is 18.2 Å². The largest absolute Gasteiger partial charge is 0.495 e. The molecule has 0 saturated heterocycles. The number of aryl methyl sites for hydroxylation is 2. The monoisotopic (exact) mass is 260 g/mol. The topological polar surface area (TPSA) is 65.1 Å². The number of nitrogens with one attached hydrogen (secondary N) is 1. The predicted octanol–water partition coefficient (Wildman–Crippen LogP) is 2.19. The van der Waals surface area contributed by atoms with Crippen LogP contribution in [0.2, 0.25) is 0 Å². The lowest BCUT2D eigenvalue weighted by molar-refractivity contribution is 0.417. The van der Waals surface area contributed by atoms with Crippen molar-refractivity contribution < 1.29 is 4.74 Å². The molecule has 3 N–H and O–H groups in total. The Labute approximate surface area is 113 Å². The van der Waals surface area contributed by atoms with E-state index in [1.54, 1.807) is 7.11 Å². The van der Waals surface area contributed by atoms with Crippen LogP contribution in [0.25, 0.3) is 0 Å². The molecule has 1 aromatic carbocycles. The number of hydrogen-bond donors (Lipinski definition) is 2. The molecular formula is C14H20N4O. The van der Waals surface area contributed by atoms with Crippen LogP contribution in [0.5, 0.6) is 5.75 Å². The van der Waals surface area contributed by atoms with Gasteiger partial charge in [-0.1, -0.05) is 13.0 Å². The van der Waals surface area contributed by atoms with Crippen LogP contribution >= 0.6 is 0 Å². The molecule has 2 aromatic rings. The van der Waals surface area contributed by atoms with Gasteiger partial charge in [-0.2, -0.15) is 5.10 Å². The van der Waals surface area contributed by atoms with Crippen LogP contribution in [-0.2, 0) is 20.0 Å². The highest BCUT2D eigenvalue weighted by Gasteiger charge is 2.08. The molecule has 0 aliphatic rings. The van der Waals surface area contributed by atoms with Crippen molar-refractivity contribution in [3.63, 3.8) is 0 Å². The van der Waals surface area contributed by atoms with Crippen molar-refractivity contribution in [2.45, 2.75) is 19.9 Å². The SMILES string of the molecule is CCc1nn(C)cc1CNc1cccc(OC)c1N. The fourth-order valence-electron chi connectivity index (χ4n) is 2.10. The Morgan fingerprint density at radius 3 is 2.89 bits per heavy atom. The minimum Gasteiger partial charge on any atom is -0.495 e. The van der Waals surface area contributed by atoms with E-state index in [-0.39, 0.29) is 0 Å². The van der Waals surface area contributed by atoms with Gasteiger partial charge in [-0.25, -0.2) is 0 Å². The molecule has 0 aliphatic carbocycles. The van der Waals surface area contributed by atoms with Gasteiger partial charge in [0, 0.05) is 25.4 Å². The van der Waals surface area contributed by atoms with Crippen molar-refractivity contribution in [1.29, 1.82) is 0 Å². The van der Waals surface area contributed by atoms with E-state index in [0.717, 1.165) is 17.8 Å². The van der Waals surface area contributed by atoms with Gasteiger partial charge >= 0.3 is 0 Å². The Morgan fingerprint density at radius 1 is 1.42 bits per heavy atom. The molecule has 0 aliphatic heterocycles. The van der Waals surface area contributed by atoms with Crippen LogP contribution in [-0.4, -0.2) is 16.9 Å². The molecule has 1 aromatic heterocycles. The minimum absolute atomic E-state index is 0.631. The molecule has 102 valence electrons. The van der Waals surface area contributed by atoms with Crippen LogP contribution in [0.4, 0.5) is 11.4 Å². The summed E-state index contributed by atoms with van der Waals surface area (Å²) in [4.78, 5) is 0. The van der Waals surface area contributed by atoms with E-state index in [1.807, 2.05) is 36.1 Å². The van der Waals surface area contributed by atoms with E-state index in [9.17, 15) is 0 Å². The highest BCUT2D eigenvalue weighted by molar-refractivity contribution is 5.72. The van der Waals surface area contributed by atoms with Gasteiger partial charge in [0.15, 0.2) is 0 Å². The summed E-state index contributed by atoms with van der Waals surface area (Å²) in [6.07, 6.45) is 2.95. The van der Waals surface area contributed by atoms with E-state index in [2.05, 4.69) is 17.3 Å². The maximum atomic E-state index is 6.03. The zero-order valence-electron chi connectivity index (χ0n) is 11.6. The third kappa shape index (κ3) is 2.81. The Morgan fingerprint density at radius 2 is 2.21 bits per heavy atom. The number of hydrogen-bond acceptors (Lipinski definition) is 4. The van der Waals surface area contributed by atoms with Crippen LogP contribution in [0.15, 0.2) is 24.4 Å². The van der Waals surface area contributed by atoms with Crippen molar-refractivity contribution in [2.24, 2.45) is 7.05 Å². The van der Waals surface area contributed by atoms with Gasteiger partial charge in [0.05, 0.1) is 24.2 Å². The zero-order valence-corrected chi connectivity index (χ0v) is 11.6. The van der Waals surface area contributed by atoms with Gasteiger partial charge in [0.25, 0.3) is 0 Å². The maximum absolute atomic E-state index is 6.03. The molecule has 0 saturated carbocycles. The fourth-order valence-corrected chi connectivity index (χ4v) is 2.10. The van der Waals surface area contributed by atoms with Gasteiger partial charge in [-0.05, 0) is 18.6 Å². The van der Waals surface area contributed by atoms with E-state index in [4.69, 9.17) is 10.5 Å². The second-order valence-corrected chi connectivity index (χ2v) is 4.40. The summed E-state index contributed by atoms with van der Waals surface area (Å²) in [7, 11) is 3.55. The molecule has 0 radical (unpaired) electrons. The number of nitrogens with two attached hydrogens (primary N) is 1. The second kappa shape index (κ2) is 5.65. The van der Waals surface area contributed by atoms with Gasteiger partial charge in [-0.15, -0.1) is 0 Å². The Bertz CT molecular complexity index is 563. The highest BCUT2D eigenvalue weighted by atomic mass is 16.5. The van der Waals surface area contributed by atoms with Crippen molar-refractivity contribution in [3.8, 4) is 5.75 Å². The number of para-hydroxylation sites is 1. The molecule has 2 rings (SSSR count). The lowest BCUT2D eigenvalue weighted by Crippen LogP contribution is -2.04. The van der Waals surface area contributed by atoms with Crippen LogP contribution in [0.1, 0.15) is 18.2 Å². The lowest BCUT2D eigenvalue weighted by atomic mass is 10.2. The molecule has 5 nitrogen and oxygen atoms in total. The van der Waals surface area contributed by atoms with Gasteiger partial charge in [0.2, 0.25) is 0 Å². The van der Waals surface area contributed by atoms with E-state index in [0.29, 0.717) is 18.0 Å². The first kappa shape index (κ1) is 13.3. The molecule has 0 fully saturated rings. The van der Waals surface area contributed by atoms with Crippen LogP contribution < -0.4 is 15.8 Å². The molecule has 0 spiro atoms. The first-order chi connectivity index (χ1) is 9.15. The third-order valence-corrected chi connectivity index (χ3v) is 3.08. The number of benzene rings is 1. The standard InChI is InChI=1S/C14H20N4O/c1-4-11-10(9-18(2)17-11)8-16-12-6-5-7-13(19-3)14(12)15/h5-7,9,16H,4,8,15H2,1-3H3. The highest BCUT2D eigenvalue weighted by Crippen LogP contribution is 2.29. The summed E-state index contributed by atoms with van der Waals surface area (Å²) >= 11 is 0. The third-order valence-electron chi connectivity index (χ3n) is 3.08. The van der Waals surface area contributed by atoms with E-state index in [1.165, 1.54) is 5.56 Å². The number of nitrogens with zero attached hydrogens (tertiary/aromatic N) is 2. The van der Waals surface area contributed by atoms with Crippen LogP contribution in [0, 0.1) is 0 Å². The summed E-state index contributed by atoms with van der Waals surface area (Å²) in [6, 6.07) is 5.71. The van der Waals surface area contributed by atoms with Crippen molar-refractivity contribution >= 4 is 11.4 Å². The zero-order chi connectivity index (χ0) is 13.8. The number of anilines is 2. The molecule has 5 heteroatoms. The molecule has 0 atom stereocenters. The van der Waals surface area contributed by atoms with E-state index >= 15 is 0 Å². The van der Waals surface area contributed by atoms with Crippen molar-refractivity contribution in [1.82, 2.24) is 9.78 Å². The lowest BCUT2D eigenvalue weighted by Gasteiger charge is -2.11. The fraction of sp³-hybridized carbons (Fsp3) is 0.357. The number of nitrogen functional groups attached to an aromatic ring is 1.